The normalized spacial score (nSPS) is 34.6. The number of hydrogen-bond acceptors (Lipinski definition) is 7. The Kier molecular flexibility index (Phi) is 4.77. The lowest BCUT2D eigenvalue weighted by molar-refractivity contribution is -0.0126. The van der Waals surface area contributed by atoms with Gasteiger partial charge in [-0.05, 0) is 54.9 Å². The predicted molar refractivity (Wildman–Crippen MR) is 115 cm³/mol. The molecule has 0 saturated heterocycles. The average Bonchev–Trinajstić information content (AvgIpc) is 3.57. The molecule has 3 N–H and O–H groups in total. The van der Waals surface area contributed by atoms with E-state index in [1.165, 1.54) is 12.8 Å². The summed E-state index contributed by atoms with van der Waals surface area (Å²) >= 11 is 8.01. The van der Waals surface area contributed by atoms with Crippen LogP contribution in [0.5, 0.6) is 0 Å². The molecule has 3 aliphatic carbocycles. The van der Waals surface area contributed by atoms with E-state index in [4.69, 9.17) is 11.6 Å². The Morgan fingerprint density at radius 3 is 2.76 bits per heavy atom. The smallest absolute Gasteiger partial charge is 0.226 e. The van der Waals surface area contributed by atoms with Crippen LogP contribution in [-0.2, 0) is 0 Å². The zero-order chi connectivity index (χ0) is 20.5. The van der Waals surface area contributed by atoms with Crippen LogP contribution in [0.1, 0.15) is 39.2 Å². The molecule has 29 heavy (non-hydrogen) atoms. The van der Waals surface area contributed by atoms with Gasteiger partial charge in [-0.3, -0.25) is 0 Å². The number of aliphatic hydroxyl groups is 2. The van der Waals surface area contributed by atoms with Crippen molar-refractivity contribution < 1.29 is 10.2 Å². The third-order valence-corrected chi connectivity index (χ3v) is 8.13. The molecule has 2 heterocycles. The third-order valence-electron chi connectivity index (χ3n) is 7.13. The molecule has 7 nitrogen and oxygen atoms in total. The quantitative estimate of drug-likeness (QED) is 0.573. The second-order valence-corrected chi connectivity index (χ2v) is 10.5. The standard InChI is InChI=1S/C20H28ClN5O2S/c1-9(2)12(10-4-5-10)23-17-13-18(25-19(21)24-17)26(8-22-13)14-11-6-20(11,7-29-3)16(28)15(14)27/h8-12,14-16,27-28H,4-7H2,1-3H3,(H,23,24,25)/t11-,12-,14-,15+,16+,20+/m1/s1. The number of aliphatic hydroxyl groups excluding tert-OH is 2. The number of rotatable bonds is 7. The first-order chi connectivity index (χ1) is 13.9. The molecule has 0 unspecified atom stereocenters. The van der Waals surface area contributed by atoms with Crippen LogP contribution < -0.4 is 5.32 Å². The summed E-state index contributed by atoms with van der Waals surface area (Å²) in [6.07, 6.45) is 5.58. The zero-order valence-corrected chi connectivity index (χ0v) is 18.5. The Morgan fingerprint density at radius 1 is 1.34 bits per heavy atom. The lowest BCUT2D eigenvalue weighted by Gasteiger charge is -2.24. The van der Waals surface area contributed by atoms with E-state index in [1.807, 2.05) is 10.8 Å². The molecule has 0 bridgehead atoms. The van der Waals surface area contributed by atoms with Crippen molar-refractivity contribution in [1.29, 1.82) is 0 Å². The molecule has 9 heteroatoms. The molecule has 158 valence electrons. The molecule has 2 aromatic heterocycles. The number of nitrogens with zero attached hydrogens (tertiary/aromatic N) is 4. The lowest BCUT2D eigenvalue weighted by Crippen LogP contribution is -2.35. The van der Waals surface area contributed by atoms with E-state index in [-0.39, 0.29) is 22.7 Å². The number of nitrogens with one attached hydrogen (secondary N) is 1. The van der Waals surface area contributed by atoms with Gasteiger partial charge in [-0.2, -0.15) is 21.7 Å². The number of fused-ring (bicyclic) bond motifs is 2. The van der Waals surface area contributed by atoms with E-state index >= 15 is 0 Å². The molecule has 3 fully saturated rings. The second-order valence-electron chi connectivity index (χ2n) is 9.32. The van der Waals surface area contributed by atoms with Gasteiger partial charge in [-0.25, -0.2) is 4.98 Å². The highest BCUT2D eigenvalue weighted by molar-refractivity contribution is 7.98. The van der Waals surface area contributed by atoms with Crippen LogP contribution >= 0.6 is 23.4 Å². The van der Waals surface area contributed by atoms with Gasteiger partial charge >= 0.3 is 0 Å². The van der Waals surface area contributed by atoms with E-state index in [9.17, 15) is 10.2 Å². The number of thioether (sulfide) groups is 1. The van der Waals surface area contributed by atoms with Crippen molar-refractivity contribution in [2.24, 2.45) is 23.2 Å². The van der Waals surface area contributed by atoms with Crippen molar-refractivity contribution in [2.45, 2.75) is 57.4 Å². The molecule has 6 atom stereocenters. The Balaban J connectivity index is 1.52. The summed E-state index contributed by atoms with van der Waals surface area (Å²) in [4.78, 5) is 13.5. The van der Waals surface area contributed by atoms with Crippen LogP contribution in [0.2, 0.25) is 5.28 Å². The first kappa shape index (κ1) is 19.8. The van der Waals surface area contributed by atoms with Crippen LogP contribution in [0.15, 0.2) is 6.33 Å². The predicted octanol–water partition coefficient (Wildman–Crippen LogP) is 2.97. The lowest BCUT2D eigenvalue weighted by atomic mass is 9.99. The number of aromatic nitrogens is 4. The van der Waals surface area contributed by atoms with Gasteiger partial charge in [0.15, 0.2) is 17.0 Å². The van der Waals surface area contributed by atoms with Crippen molar-refractivity contribution in [1.82, 2.24) is 19.5 Å². The largest absolute Gasteiger partial charge is 0.390 e. The van der Waals surface area contributed by atoms with Crippen molar-refractivity contribution in [2.75, 3.05) is 17.3 Å². The Bertz CT molecular complexity index is 933. The minimum Gasteiger partial charge on any atom is -0.390 e. The SMILES string of the molecule is CSC[C@@]12C[C@@H]1[C@@H](n1cnc3c(N[C@H](C(C)C)C4CC4)nc(Cl)nc31)[C@H](O)[C@@H]2O. The maximum absolute atomic E-state index is 10.8. The van der Waals surface area contributed by atoms with Gasteiger partial charge in [-0.15, -0.1) is 0 Å². The third kappa shape index (κ3) is 3.06. The summed E-state index contributed by atoms with van der Waals surface area (Å²) in [5, 5.41) is 25.3. The Morgan fingerprint density at radius 2 is 2.10 bits per heavy atom. The Hall–Kier alpha value is -1.09. The van der Waals surface area contributed by atoms with Gasteiger partial charge in [-0.1, -0.05) is 13.8 Å². The topological polar surface area (TPSA) is 96.1 Å². The molecule has 3 saturated carbocycles. The van der Waals surface area contributed by atoms with E-state index in [1.54, 1.807) is 18.1 Å². The van der Waals surface area contributed by atoms with Gasteiger partial charge in [0, 0.05) is 17.2 Å². The molecule has 3 aliphatic rings. The summed E-state index contributed by atoms with van der Waals surface area (Å²) in [6.45, 7) is 4.42. The first-order valence-corrected chi connectivity index (χ1v) is 12.2. The molecular formula is C20H28ClN5O2S. The van der Waals surface area contributed by atoms with Crippen LogP contribution in [-0.4, -0.2) is 60.0 Å². The molecule has 0 spiro atoms. The van der Waals surface area contributed by atoms with Gasteiger partial charge in [0.25, 0.3) is 0 Å². The summed E-state index contributed by atoms with van der Waals surface area (Å²) < 4.78 is 1.91. The van der Waals surface area contributed by atoms with Gasteiger partial charge in [0.2, 0.25) is 5.28 Å². The highest BCUT2D eigenvalue weighted by Gasteiger charge is 2.71. The number of halogens is 1. The van der Waals surface area contributed by atoms with Crippen molar-refractivity contribution in [3.63, 3.8) is 0 Å². The Labute approximate surface area is 179 Å². The van der Waals surface area contributed by atoms with Crippen LogP contribution in [0.4, 0.5) is 5.82 Å². The minimum absolute atomic E-state index is 0.166. The first-order valence-electron chi connectivity index (χ1n) is 10.4. The average molecular weight is 438 g/mol. The van der Waals surface area contributed by atoms with Crippen molar-refractivity contribution in [3.8, 4) is 0 Å². The maximum atomic E-state index is 10.8. The van der Waals surface area contributed by atoms with Crippen LogP contribution in [0.25, 0.3) is 11.2 Å². The maximum Gasteiger partial charge on any atom is 0.226 e. The summed E-state index contributed by atoms with van der Waals surface area (Å²) in [6, 6.07) is 0.0798. The van der Waals surface area contributed by atoms with Gasteiger partial charge < -0.3 is 20.1 Å². The molecule has 0 radical (unpaired) electrons. The number of imidazole rings is 1. The fourth-order valence-electron chi connectivity index (χ4n) is 5.45. The zero-order valence-electron chi connectivity index (χ0n) is 16.9. The van der Waals surface area contributed by atoms with Crippen molar-refractivity contribution >= 4 is 40.3 Å². The van der Waals surface area contributed by atoms with Gasteiger partial charge in [0.05, 0.1) is 18.5 Å². The van der Waals surface area contributed by atoms with Crippen molar-refractivity contribution in [3.05, 3.63) is 11.6 Å². The number of hydrogen-bond donors (Lipinski definition) is 3. The van der Waals surface area contributed by atoms with E-state index in [0.29, 0.717) is 34.9 Å². The fourth-order valence-corrected chi connectivity index (χ4v) is 6.65. The highest BCUT2D eigenvalue weighted by Crippen LogP contribution is 2.68. The summed E-state index contributed by atoms with van der Waals surface area (Å²) in [5.41, 5.74) is 1.09. The fraction of sp³-hybridized carbons (Fsp3) is 0.750. The second kappa shape index (κ2) is 6.97. The van der Waals surface area contributed by atoms with E-state index in [2.05, 4.69) is 34.1 Å². The molecule has 0 amide bonds. The summed E-state index contributed by atoms with van der Waals surface area (Å²) in [7, 11) is 0. The summed E-state index contributed by atoms with van der Waals surface area (Å²) in [5.74, 6) is 2.85. The number of anilines is 1. The van der Waals surface area contributed by atoms with E-state index in [0.717, 1.165) is 12.2 Å². The molecule has 2 aromatic rings. The molecule has 0 aliphatic heterocycles. The monoisotopic (exact) mass is 437 g/mol. The molecule has 0 aromatic carbocycles. The van der Waals surface area contributed by atoms with E-state index < -0.39 is 12.2 Å². The highest BCUT2D eigenvalue weighted by atomic mass is 35.5. The van der Waals surface area contributed by atoms with Crippen LogP contribution in [0, 0.1) is 23.2 Å². The van der Waals surface area contributed by atoms with Gasteiger partial charge in [0.1, 0.15) is 6.10 Å². The molecule has 5 rings (SSSR count). The van der Waals surface area contributed by atoms with Crippen LogP contribution in [0.3, 0.4) is 0 Å². The molecular weight excluding hydrogens is 410 g/mol. The minimum atomic E-state index is -0.835.